The summed E-state index contributed by atoms with van der Waals surface area (Å²) in [5.74, 6) is -0.373. The number of benzene rings is 1. The van der Waals surface area contributed by atoms with Crippen LogP contribution >= 0.6 is 15.9 Å². The number of halogens is 2. The second-order valence-electron chi connectivity index (χ2n) is 8.10. The molecule has 2 saturated heterocycles. The lowest BCUT2D eigenvalue weighted by atomic mass is 9.70. The molecule has 1 aliphatic carbocycles. The molecule has 2 aliphatic heterocycles. The lowest BCUT2D eigenvalue weighted by Gasteiger charge is -2.45. The Bertz CT molecular complexity index is 731. The van der Waals surface area contributed by atoms with Crippen molar-refractivity contribution >= 4 is 27.5 Å². The molecule has 6 nitrogen and oxygen atoms in total. The molecule has 0 spiro atoms. The summed E-state index contributed by atoms with van der Waals surface area (Å²) in [5, 5.41) is 3.11. The molecule has 1 aromatic carbocycles. The number of carbonyl (C=O) groups is 1. The summed E-state index contributed by atoms with van der Waals surface area (Å²) in [6, 6.07) is 5.94. The van der Waals surface area contributed by atoms with Crippen LogP contribution in [0.4, 0.5) is 10.1 Å². The van der Waals surface area contributed by atoms with Gasteiger partial charge in [-0.2, -0.15) is 0 Å². The molecule has 0 radical (unpaired) electrons. The second-order valence-corrected chi connectivity index (χ2v) is 8.96. The molecule has 3 aliphatic rings. The number of hydrogen-bond donors (Lipinski definition) is 2. The Morgan fingerprint density at radius 1 is 1.31 bits per heavy atom. The monoisotopic (exact) mass is 469 g/mol. The maximum absolute atomic E-state index is 13.9. The van der Waals surface area contributed by atoms with Gasteiger partial charge in [-0.1, -0.05) is 6.07 Å². The van der Waals surface area contributed by atoms with Gasteiger partial charge in [-0.3, -0.25) is 4.79 Å². The zero-order valence-corrected chi connectivity index (χ0v) is 18.1. The molecule has 8 heteroatoms. The number of carbonyl (C=O) groups excluding carboxylic acids is 1. The predicted molar refractivity (Wildman–Crippen MR) is 113 cm³/mol. The lowest BCUT2D eigenvalue weighted by molar-refractivity contribution is -0.144. The number of nitrogens with zero attached hydrogens (tertiary/aromatic N) is 1. The minimum Gasteiger partial charge on any atom is -0.378 e. The van der Waals surface area contributed by atoms with E-state index in [1.54, 1.807) is 0 Å². The minimum absolute atomic E-state index is 0.0185. The quantitative estimate of drug-likeness (QED) is 0.692. The number of morpholine rings is 1. The molecule has 1 aromatic rings. The molecule has 5 atom stereocenters. The molecule has 4 rings (SSSR count). The van der Waals surface area contributed by atoms with Crippen LogP contribution in [0.15, 0.2) is 22.7 Å². The fraction of sp³-hybridized carbons (Fsp3) is 0.667. The van der Waals surface area contributed by atoms with Crippen LogP contribution in [0.1, 0.15) is 30.9 Å². The number of amides is 1. The number of hydrogen-bond acceptors (Lipinski definition) is 5. The zero-order chi connectivity index (χ0) is 20.4. The van der Waals surface area contributed by atoms with Gasteiger partial charge in [0.15, 0.2) is 0 Å². The lowest BCUT2D eigenvalue weighted by Crippen LogP contribution is -2.55. The standard InChI is InChI=1S/C21H29BrFN3O3/c22-17-11-13(1-4-18(17)26-6-9-28-10-7-26)19-20(29-8-5-24)15-3-2-14(23)12-16(15)21(27)25-19/h1,4,11,14-16,19-20H,2-3,5-10,12,24H2,(H,25,27). The molecule has 5 unspecified atom stereocenters. The third kappa shape index (κ3) is 4.45. The topological polar surface area (TPSA) is 76.8 Å². The third-order valence-electron chi connectivity index (χ3n) is 6.34. The van der Waals surface area contributed by atoms with Gasteiger partial charge in [-0.15, -0.1) is 0 Å². The molecule has 29 heavy (non-hydrogen) atoms. The van der Waals surface area contributed by atoms with E-state index >= 15 is 0 Å². The average Bonchev–Trinajstić information content (AvgIpc) is 2.73. The highest BCUT2D eigenvalue weighted by atomic mass is 79.9. The molecule has 1 amide bonds. The van der Waals surface area contributed by atoms with Gasteiger partial charge in [0.2, 0.25) is 5.91 Å². The highest BCUT2D eigenvalue weighted by Crippen LogP contribution is 2.43. The number of nitrogens with two attached hydrogens (primary N) is 1. The van der Waals surface area contributed by atoms with Crippen molar-refractivity contribution in [2.45, 2.75) is 37.6 Å². The fourth-order valence-electron chi connectivity index (χ4n) is 4.90. The molecule has 1 saturated carbocycles. The van der Waals surface area contributed by atoms with E-state index in [-0.39, 0.29) is 36.3 Å². The third-order valence-corrected chi connectivity index (χ3v) is 6.97. The predicted octanol–water partition coefficient (Wildman–Crippen LogP) is 2.55. The van der Waals surface area contributed by atoms with Crippen LogP contribution in [0.3, 0.4) is 0 Å². The molecular weight excluding hydrogens is 441 g/mol. The van der Waals surface area contributed by atoms with Gasteiger partial charge in [-0.05, 0) is 58.8 Å². The van der Waals surface area contributed by atoms with Crippen molar-refractivity contribution in [1.82, 2.24) is 5.32 Å². The molecule has 3 fully saturated rings. The maximum Gasteiger partial charge on any atom is 0.224 e. The summed E-state index contributed by atoms with van der Waals surface area (Å²) >= 11 is 3.71. The first-order valence-corrected chi connectivity index (χ1v) is 11.3. The van der Waals surface area contributed by atoms with Gasteiger partial charge in [0, 0.05) is 30.0 Å². The first-order chi connectivity index (χ1) is 14.1. The van der Waals surface area contributed by atoms with Crippen molar-refractivity contribution in [1.29, 1.82) is 0 Å². The van der Waals surface area contributed by atoms with Gasteiger partial charge in [0.25, 0.3) is 0 Å². The van der Waals surface area contributed by atoms with Crippen LogP contribution in [0.25, 0.3) is 0 Å². The van der Waals surface area contributed by atoms with Crippen LogP contribution in [-0.2, 0) is 14.3 Å². The van der Waals surface area contributed by atoms with E-state index in [0.717, 1.165) is 42.0 Å². The van der Waals surface area contributed by atoms with Gasteiger partial charge in [0.1, 0.15) is 6.17 Å². The summed E-state index contributed by atoms with van der Waals surface area (Å²) < 4.78 is 26.5. The number of ether oxygens (including phenoxy) is 2. The van der Waals surface area contributed by atoms with E-state index in [1.807, 2.05) is 0 Å². The van der Waals surface area contributed by atoms with Crippen LogP contribution in [0.5, 0.6) is 0 Å². The minimum atomic E-state index is -0.907. The largest absolute Gasteiger partial charge is 0.378 e. The Kier molecular flexibility index (Phi) is 6.73. The highest BCUT2D eigenvalue weighted by molar-refractivity contribution is 9.10. The first-order valence-electron chi connectivity index (χ1n) is 10.5. The summed E-state index contributed by atoms with van der Waals surface area (Å²) in [6.07, 6.45) is 0.331. The Balaban J connectivity index is 1.59. The summed E-state index contributed by atoms with van der Waals surface area (Å²) in [5.41, 5.74) is 7.79. The van der Waals surface area contributed by atoms with Gasteiger partial charge in [0.05, 0.1) is 37.7 Å². The van der Waals surface area contributed by atoms with Crippen molar-refractivity contribution in [2.75, 3.05) is 44.4 Å². The molecular formula is C21H29BrFN3O3. The van der Waals surface area contributed by atoms with E-state index in [0.29, 0.717) is 26.0 Å². The van der Waals surface area contributed by atoms with E-state index < -0.39 is 6.17 Å². The number of alkyl halides is 1. The Morgan fingerprint density at radius 2 is 2.10 bits per heavy atom. The Hall–Kier alpha value is -1.22. The molecule has 160 valence electrons. The molecule has 0 aromatic heterocycles. The van der Waals surface area contributed by atoms with Crippen LogP contribution in [0.2, 0.25) is 0 Å². The number of piperidine rings is 1. The van der Waals surface area contributed by atoms with Gasteiger partial charge in [-0.25, -0.2) is 4.39 Å². The van der Waals surface area contributed by atoms with Crippen LogP contribution in [0, 0.1) is 11.8 Å². The number of fused-ring (bicyclic) bond motifs is 1. The summed E-state index contributed by atoms with van der Waals surface area (Å²) in [6.45, 7) is 4.00. The maximum atomic E-state index is 13.9. The summed E-state index contributed by atoms with van der Waals surface area (Å²) in [7, 11) is 0. The normalized spacial score (nSPS) is 32.6. The van der Waals surface area contributed by atoms with E-state index in [2.05, 4.69) is 44.3 Å². The zero-order valence-electron chi connectivity index (χ0n) is 16.5. The van der Waals surface area contributed by atoms with Gasteiger partial charge >= 0.3 is 0 Å². The van der Waals surface area contributed by atoms with Crippen molar-refractivity contribution in [3.05, 3.63) is 28.2 Å². The van der Waals surface area contributed by atoms with Crippen molar-refractivity contribution in [3.8, 4) is 0 Å². The Labute approximate surface area is 179 Å². The fourth-order valence-corrected chi connectivity index (χ4v) is 5.55. The Morgan fingerprint density at radius 3 is 2.83 bits per heavy atom. The number of rotatable bonds is 5. The number of nitrogens with one attached hydrogen (secondary N) is 1. The first kappa shape index (κ1) is 21.0. The van der Waals surface area contributed by atoms with Gasteiger partial charge < -0.3 is 25.4 Å². The van der Waals surface area contributed by atoms with Crippen molar-refractivity contribution in [2.24, 2.45) is 17.6 Å². The van der Waals surface area contributed by atoms with Crippen molar-refractivity contribution < 1.29 is 18.7 Å². The highest BCUT2D eigenvalue weighted by Gasteiger charge is 2.48. The SMILES string of the molecule is NCCOC1C(c2ccc(N3CCOCC3)c(Br)c2)NC(=O)C2CC(F)CCC21. The van der Waals surface area contributed by atoms with E-state index in [1.165, 1.54) is 0 Å². The van der Waals surface area contributed by atoms with Crippen LogP contribution in [-0.4, -0.2) is 57.6 Å². The van der Waals surface area contributed by atoms with Crippen molar-refractivity contribution in [3.63, 3.8) is 0 Å². The van der Waals surface area contributed by atoms with Crippen LogP contribution < -0.4 is 16.0 Å². The molecule has 0 bridgehead atoms. The summed E-state index contributed by atoms with van der Waals surface area (Å²) in [4.78, 5) is 15.1. The smallest absolute Gasteiger partial charge is 0.224 e. The average molecular weight is 470 g/mol. The second kappa shape index (κ2) is 9.29. The number of anilines is 1. The van der Waals surface area contributed by atoms with E-state index in [4.69, 9.17) is 15.2 Å². The van der Waals surface area contributed by atoms with E-state index in [9.17, 15) is 9.18 Å². The molecule has 2 heterocycles. The molecule has 3 N–H and O–H groups in total.